The van der Waals surface area contributed by atoms with Crippen LogP contribution in [0.5, 0.6) is 11.5 Å². The van der Waals surface area contributed by atoms with Gasteiger partial charge in [0, 0.05) is 6.42 Å². The summed E-state index contributed by atoms with van der Waals surface area (Å²) in [6, 6.07) is 9.29. The minimum atomic E-state index is -4.46. The van der Waals surface area contributed by atoms with E-state index in [1.807, 2.05) is 0 Å². The first-order chi connectivity index (χ1) is 16.7. The molecular weight excluding hydrogens is 465 g/mol. The van der Waals surface area contributed by atoms with Crippen molar-refractivity contribution < 1.29 is 27.4 Å². The Morgan fingerprint density at radius 3 is 2.37 bits per heavy atom. The number of ether oxygens (including phenoxy) is 2. The Kier molecular flexibility index (Phi) is 6.33. The normalized spacial score (nSPS) is 12.5. The third kappa shape index (κ3) is 4.61. The fourth-order valence-corrected chi connectivity index (χ4v) is 3.83. The van der Waals surface area contributed by atoms with Crippen LogP contribution in [-0.2, 0) is 12.6 Å². The van der Waals surface area contributed by atoms with Crippen LogP contribution in [0.3, 0.4) is 0 Å². The van der Waals surface area contributed by atoms with Crippen LogP contribution in [0.4, 0.5) is 13.2 Å². The minimum Gasteiger partial charge on any atom is -0.493 e. The van der Waals surface area contributed by atoms with Gasteiger partial charge in [0.15, 0.2) is 23.4 Å². The van der Waals surface area contributed by atoms with Crippen LogP contribution in [0.15, 0.2) is 47.3 Å². The predicted octanol–water partition coefficient (Wildman–Crippen LogP) is 4.17. The van der Waals surface area contributed by atoms with E-state index in [1.54, 1.807) is 25.1 Å². The third-order valence-corrected chi connectivity index (χ3v) is 5.66. The molecule has 11 heteroatoms. The van der Waals surface area contributed by atoms with E-state index in [2.05, 4.69) is 15.1 Å². The van der Waals surface area contributed by atoms with Crippen LogP contribution < -0.4 is 15.0 Å². The number of aromatic nitrogens is 4. The number of methoxy groups -OCH3 is 2. The molecule has 0 aliphatic heterocycles. The van der Waals surface area contributed by atoms with E-state index in [-0.39, 0.29) is 23.1 Å². The summed E-state index contributed by atoms with van der Waals surface area (Å²) in [6.07, 6.45) is -3.77. The van der Waals surface area contributed by atoms with Gasteiger partial charge in [-0.1, -0.05) is 18.2 Å². The second-order valence-electron chi connectivity index (χ2n) is 7.82. The molecule has 0 radical (unpaired) electrons. The van der Waals surface area contributed by atoms with Gasteiger partial charge >= 0.3 is 6.18 Å². The summed E-state index contributed by atoms with van der Waals surface area (Å²) in [6.45, 7) is 1.69. The van der Waals surface area contributed by atoms with Gasteiger partial charge in [0.1, 0.15) is 16.9 Å². The molecule has 1 atom stereocenters. The molecule has 0 aliphatic carbocycles. The molecule has 1 unspecified atom stereocenters. The second-order valence-corrected chi connectivity index (χ2v) is 7.82. The lowest BCUT2D eigenvalue weighted by Crippen LogP contribution is -2.15. The molecule has 35 heavy (non-hydrogen) atoms. The SMILES string of the molecule is COc1ccc(Cc2nc3c(c(C=O)nn3C(C)c3ccc(C(F)(F)F)cc3)c(=O)[nH]2)cc1OC. The number of rotatable bonds is 7. The van der Waals surface area contributed by atoms with Gasteiger partial charge < -0.3 is 14.5 Å². The van der Waals surface area contributed by atoms with Crippen molar-refractivity contribution in [3.05, 3.63) is 81.0 Å². The highest BCUT2D eigenvalue weighted by atomic mass is 19.4. The van der Waals surface area contributed by atoms with Crippen molar-refractivity contribution in [3.63, 3.8) is 0 Å². The number of aromatic amines is 1. The number of carbonyl (C=O) groups is 1. The van der Waals surface area contributed by atoms with Gasteiger partial charge in [-0.25, -0.2) is 9.67 Å². The molecule has 0 fully saturated rings. The Morgan fingerprint density at radius 2 is 1.77 bits per heavy atom. The quantitative estimate of drug-likeness (QED) is 0.394. The van der Waals surface area contributed by atoms with E-state index in [0.29, 0.717) is 29.2 Å². The number of H-pyrrole nitrogens is 1. The van der Waals surface area contributed by atoms with Crippen LogP contribution in [-0.4, -0.2) is 40.3 Å². The zero-order valence-corrected chi connectivity index (χ0v) is 19.0. The Labute approximate surface area is 197 Å². The highest BCUT2D eigenvalue weighted by Gasteiger charge is 2.30. The summed E-state index contributed by atoms with van der Waals surface area (Å²) >= 11 is 0. The van der Waals surface area contributed by atoms with Crippen molar-refractivity contribution in [2.24, 2.45) is 0 Å². The van der Waals surface area contributed by atoms with E-state index in [4.69, 9.17) is 9.47 Å². The maximum Gasteiger partial charge on any atom is 0.416 e. The molecule has 0 saturated carbocycles. The van der Waals surface area contributed by atoms with Crippen molar-refractivity contribution in [1.29, 1.82) is 0 Å². The Bertz CT molecular complexity index is 1440. The summed E-state index contributed by atoms with van der Waals surface area (Å²) in [5, 5.41) is 4.23. The first kappa shape index (κ1) is 24.0. The molecule has 2 heterocycles. The van der Waals surface area contributed by atoms with Gasteiger partial charge in [-0.15, -0.1) is 0 Å². The molecule has 182 valence electrons. The van der Waals surface area contributed by atoms with Crippen LogP contribution in [0.25, 0.3) is 11.0 Å². The number of aldehydes is 1. The summed E-state index contributed by atoms with van der Waals surface area (Å²) in [5.41, 5.74) is 0.00691. The maximum absolute atomic E-state index is 12.9. The van der Waals surface area contributed by atoms with Gasteiger partial charge in [0.25, 0.3) is 5.56 Å². The minimum absolute atomic E-state index is 0.00910. The van der Waals surface area contributed by atoms with E-state index in [1.165, 1.54) is 31.0 Å². The van der Waals surface area contributed by atoms with Gasteiger partial charge in [-0.2, -0.15) is 18.3 Å². The first-order valence-corrected chi connectivity index (χ1v) is 10.5. The topological polar surface area (TPSA) is 99.1 Å². The van der Waals surface area contributed by atoms with Crippen LogP contribution in [0, 0.1) is 0 Å². The third-order valence-electron chi connectivity index (χ3n) is 5.66. The largest absolute Gasteiger partial charge is 0.493 e. The number of nitrogens with one attached hydrogen (secondary N) is 1. The molecule has 0 amide bonds. The molecule has 1 N–H and O–H groups in total. The van der Waals surface area contributed by atoms with Crippen molar-refractivity contribution in [3.8, 4) is 11.5 Å². The van der Waals surface area contributed by atoms with Crippen molar-refractivity contribution in [2.45, 2.75) is 25.6 Å². The monoisotopic (exact) mass is 486 g/mol. The molecule has 4 rings (SSSR count). The second kappa shape index (κ2) is 9.24. The van der Waals surface area contributed by atoms with Crippen LogP contribution in [0.1, 0.15) is 46.0 Å². The number of nitrogens with zero attached hydrogens (tertiary/aromatic N) is 3. The molecular formula is C24H21F3N4O4. The summed E-state index contributed by atoms with van der Waals surface area (Å²) in [4.78, 5) is 31.7. The number of fused-ring (bicyclic) bond motifs is 1. The van der Waals surface area contributed by atoms with Crippen molar-refractivity contribution in [1.82, 2.24) is 19.7 Å². The van der Waals surface area contributed by atoms with E-state index in [9.17, 15) is 22.8 Å². The maximum atomic E-state index is 12.9. The van der Waals surface area contributed by atoms with E-state index < -0.39 is 23.3 Å². The summed E-state index contributed by atoms with van der Waals surface area (Å²) < 4.78 is 50.7. The molecule has 4 aromatic rings. The Hall–Kier alpha value is -4.15. The Balaban J connectivity index is 1.76. The highest BCUT2D eigenvalue weighted by Crippen LogP contribution is 2.31. The molecule has 0 aliphatic rings. The number of hydrogen-bond acceptors (Lipinski definition) is 6. The zero-order chi connectivity index (χ0) is 25.3. The van der Waals surface area contributed by atoms with Crippen LogP contribution in [0.2, 0.25) is 0 Å². The lowest BCUT2D eigenvalue weighted by atomic mass is 10.1. The van der Waals surface area contributed by atoms with Gasteiger partial charge in [-0.3, -0.25) is 9.59 Å². The molecule has 0 saturated heterocycles. The van der Waals surface area contributed by atoms with Crippen molar-refractivity contribution in [2.75, 3.05) is 14.2 Å². The molecule has 8 nitrogen and oxygen atoms in total. The molecule has 2 aromatic heterocycles. The summed E-state index contributed by atoms with van der Waals surface area (Å²) in [7, 11) is 3.03. The molecule has 0 bridgehead atoms. The standard InChI is InChI=1S/C24H21F3N4O4/c1-13(15-5-7-16(8-6-15)24(25,26)27)31-22-21(17(12-32)30-31)23(33)29-20(28-22)11-14-4-9-18(34-2)19(10-14)35-3/h4-10,12-13H,11H2,1-3H3,(H,28,29,33). The van der Waals surface area contributed by atoms with E-state index in [0.717, 1.165) is 17.7 Å². The summed E-state index contributed by atoms with van der Waals surface area (Å²) in [5.74, 6) is 1.37. The van der Waals surface area contributed by atoms with Gasteiger partial charge in [0.05, 0.1) is 25.8 Å². The smallest absolute Gasteiger partial charge is 0.416 e. The Morgan fingerprint density at radius 1 is 1.09 bits per heavy atom. The van der Waals surface area contributed by atoms with Gasteiger partial charge in [-0.05, 0) is 42.3 Å². The lowest BCUT2D eigenvalue weighted by molar-refractivity contribution is -0.137. The van der Waals surface area contributed by atoms with E-state index >= 15 is 0 Å². The molecule has 0 spiro atoms. The predicted molar refractivity (Wildman–Crippen MR) is 121 cm³/mol. The number of benzene rings is 2. The fourth-order valence-electron chi connectivity index (χ4n) is 3.83. The first-order valence-electron chi connectivity index (χ1n) is 10.5. The number of alkyl halides is 3. The number of carbonyl (C=O) groups excluding carboxylic acids is 1. The van der Waals surface area contributed by atoms with Crippen molar-refractivity contribution >= 4 is 17.3 Å². The number of halogens is 3. The zero-order valence-electron chi connectivity index (χ0n) is 19.0. The highest BCUT2D eigenvalue weighted by molar-refractivity contribution is 5.93. The lowest BCUT2D eigenvalue weighted by Gasteiger charge is -2.15. The van der Waals surface area contributed by atoms with Crippen LogP contribution >= 0.6 is 0 Å². The number of hydrogen-bond donors (Lipinski definition) is 1. The average molecular weight is 486 g/mol. The fraction of sp³-hybridized carbons (Fsp3) is 0.250. The average Bonchev–Trinajstić information content (AvgIpc) is 3.22. The van der Waals surface area contributed by atoms with Gasteiger partial charge in [0.2, 0.25) is 0 Å². The molecule has 2 aromatic carbocycles.